The molecule has 0 bridgehead atoms. The van der Waals surface area contributed by atoms with Crippen molar-refractivity contribution in [2.45, 2.75) is 24.9 Å². The van der Waals surface area contributed by atoms with Crippen LogP contribution in [-0.4, -0.2) is 25.3 Å². The van der Waals surface area contributed by atoms with E-state index in [-0.39, 0.29) is 6.61 Å². The Balaban J connectivity index is 1.57. The summed E-state index contributed by atoms with van der Waals surface area (Å²) < 4.78 is 6.21. The predicted octanol–water partition coefficient (Wildman–Crippen LogP) is 4.94. The summed E-state index contributed by atoms with van der Waals surface area (Å²) >= 11 is 0. The highest BCUT2D eigenvalue weighted by Gasteiger charge is 2.28. The number of aliphatic hydroxyl groups is 1. The van der Waals surface area contributed by atoms with Gasteiger partial charge >= 0.3 is 0 Å². The fourth-order valence-corrected chi connectivity index (χ4v) is 4.08. The summed E-state index contributed by atoms with van der Waals surface area (Å²) in [6.45, 7) is 2.89. The number of aliphatic hydroxyl groups excluding tert-OH is 1. The third-order valence-corrected chi connectivity index (χ3v) is 5.79. The van der Waals surface area contributed by atoms with Gasteiger partial charge in [0, 0.05) is 25.2 Å². The molecule has 1 aliphatic rings. The van der Waals surface area contributed by atoms with Crippen molar-refractivity contribution in [2.24, 2.45) is 0 Å². The summed E-state index contributed by atoms with van der Waals surface area (Å²) in [6, 6.07) is 26.9. The summed E-state index contributed by atoms with van der Waals surface area (Å²) in [6.07, 6.45) is 1.10. The van der Waals surface area contributed by atoms with E-state index in [4.69, 9.17) is 4.74 Å². The second-order valence-corrected chi connectivity index (χ2v) is 7.75. The third-order valence-electron chi connectivity index (χ3n) is 5.79. The van der Waals surface area contributed by atoms with Crippen LogP contribution < -0.4 is 9.64 Å². The Hall–Kier alpha value is -2.78. The molecule has 0 saturated carbocycles. The maximum absolute atomic E-state index is 9.96. The van der Waals surface area contributed by atoms with Gasteiger partial charge in [0.1, 0.15) is 5.75 Å². The standard InChI is InChI=1S/C25H27NO2/c1-25(18-27,20-8-4-3-5-9-20)28-21-14-12-19(13-15-21)22-16-17-26(2)24-11-7-6-10-23(22)24/h3-15,22,27H,16-18H2,1-2H3. The van der Waals surface area contributed by atoms with Crippen LogP contribution in [0.1, 0.15) is 36.0 Å². The maximum Gasteiger partial charge on any atom is 0.154 e. The van der Waals surface area contributed by atoms with Crippen molar-refractivity contribution < 1.29 is 9.84 Å². The fraction of sp³-hybridized carbons (Fsp3) is 0.280. The Bertz CT molecular complexity index is 923. The predicted molar refractivity (Wildman–Crippen MR) is 114 cm³/mol. The molecule has 0 saturated heterocycles. The second-order valence-electron chi connectivity index (χ2n) is 7.75. The third kappa shape index (κ3) is 3.50. The van der Waals surface area contributed by atoms with Gasteiger partial charge in [-0.3, -0.25) is 0 Å². The van der Waals surface area contributed by atoms with Crippen LogP contribution in [0.5, 0.6) is 5.75 Å². The first-order chi connectivity index (χ1) is 13.6. The number of anilines is 1. The van der Waals surface area contributed by atoms with Crippen LogP contribution in [-0.2, 0) is 5.60 Å². The minimum atomic E-state index is -0.761. The molecule has 0 fully saturated rings. The van der Waals surface area contributed by atoms with Gasteiger partial charge in [-0.2, -0.15) is 0 Å². The largest absolute Gasteiger partial charge is 0.480 e. The molecule has 3 aromatic rings. The number of hydrogen-bond donors (Lipinski definition) is 1. The van der Waals surface area contributed by atoms with Crippen molar-refractivity contribution in [2.75, 3.05) is 25.1 Å². The highest BCUT2D eigenvalue weighted by molar-refractivity contribution is 5.59. The molecule has 0 spiro atoms. The highest BCUT2D eigenvalue weighted by atomic mass is 16.5. The van der Waals surface area contributed by atoms with E-state index in [0.29, 0.717) is 5.92 Å². The zero-order valence-corrected chi connectivity index (χ0v) is 16.5. The van der Waals surface area contributed by atoms with Gasteiger partial charge in [0.15, 0.2) is 5.60 Å². The van der Waals surface area contributed by atoms with Crippen molar-refractivity contribution in [1.82, 2.24) is 0 Å². The SMILES string of the molecule is CN1CCC(c2ccc(OC(C)(CO)c3ccccc3)cc2)c2ccccc21. The van der Waals surface area contributed by atoms with Crippen LogP contribution in [0, 0.1) is 0 Å². The van der Waals surface area contributed by atoms with E-state index in [1.165, 1.54) is 16.8 Å². The first kappa shape index (κ1) is 18.6. The molecule has 1 heterocycles. The maximum atomic E-state index is 9.96. The van der Waals surface area contributed by atoms with Crippen molar-refractivity contribution >= 4 is 5.69 Å². The van der Waals surface area contributed by atoms with E-state index in [1.807, 2.05) is 49.4 Å². The van der Waals surface area contributed by atoms with Crippen LogP contribution in [0.4, 0.5) is 5.69 Å². The molecule has 0 radical (unpaired) electrons. The molecule has 0 amide bonds. The molecule has 0 aliphatic carbocycles. The molecule has 0 aromatic heterocycles. The Labute approximate surface area is 167 Å². The zero-order valence-electron chi connectivity index (χ0n) is 16.5. The lowest BCUT2D eigenvalue weighted by Gasteiger charge is -2.33. The normalized spacial score (nSPS) is 18.2. The summed E-state index contributed by atoms with van der Waals surface area (Å²) in [5.41, 5.74) is 4.21. The number of para-hydroxylation sites is 1. The van der Waals surface area contributed by atoms with Crippen LogP contribution in [0.25, 0.3) is 0 Å². The van der Waals surface area contributed by atoms with Crippen molar-refractivity contribution in [3.05, 3.63) is 95.6 Å². The van der Waals surface area contributed by atoms with Gasteiger partial charge in [0.2, 0.25) is 0 Å². The van der Waals surface area contributed by atoms with E-state index >= 15 is 0 Å². The Morgan fingerprint density at radius 3 is 2.36 bits per heavy atom. The molecular formula is C25H27NO2. The molecule has 3 nitrogen and oxygen atoms in total. The summed E-state index contributed by atoms with van der Waals surface area (Å²) in [5, 5.41) is 9.96. The quantitative estimate of drug-likeness (QED) is 0.687. The molecule has 3 aromatic carbocycles. The summed E-state index contributed by atoms with van der Waals surface area (Å²) in [7, 11) is 2.16. The molecule has 28 heavy (non-hydrogen) atoms. The number of benzene rings is 3. The number of ether oxygens (including phenoxy) is 1. The molecule has 4 rings (SSSR count). The van der Waals surface area contributed by atoms with E-state index in [1.54, 1.807) is 0 Å². The first-order valence-electron chi connectivity index (χ1n) is 9.86. The number of nitrogens with zero attached hydrogens (tertiary/aromatic N) is 1. The van der Waals surface area contributed by atoms with Crippen molar-refractivity contribution in [1.29, 1.82) is 0 Å². The smallest absolute Gasteiger partial charge is 0.154 e. The van der Waals surface area contributed by atoms with Gasteiger partial charge in [0.05, 0.1) is 6.61 Å². The average Bonchev–Trinajstić information content (AvgIpc) is 2.75. The lowest BCUT2D eigenvalue weighted by Crippen LogP contribution is -2.33. The van der Waals surface area contributed by atoms with Crippen LogP contribution in [0.15, 0.2) is 78.9 Å². The molecule has 2 unspecified atom stereocenters. The number of fused-ring (bicyclic) bond motifs is 1. The van der Waals surface area contributed by atoms with Crippen molar-refractivity contribution in [3.63, 3.8) is 0 Å². The van der Waals surface area contributed by atoms with Crippen LogP contribution in [0.3, 0.4) is 0 Å². The number of rotatable bonds is 5. The monoisotopic (exact) mass is 373 g/mol. The molecule has 1 aliphatic heterocycles. The fourth-order valence-electron chi connectivity index (χ4n) is 4.08. The lowest BCUT2D eigenvalue weighted by atomic mass is 9.84. The molecule has 144 valence electrons. The average molecular weight is 373 g/mol. The summed E-state index contributed by atoms with van der Waals surface area (Å²) in [5.74, 6) is 1.17. The van der Waals surface area contributed by atoms with E-state index in [9.17, 15) is 5.11 Å². The highest BCUT2D eigenvalue weighted by Crippen LogP contribution is 2.39. The Kier molecular flexibility index (Phi) is 5.10. The van der Waals surface area contributed by atoms with Crippen LogP contribution >= 0.6 is 0 Å². The van der Waals surface area contributed by atoms with Gasteiger partial charge in [0.25, 0.3) is 0 Å². The Morgan fingerprint density at radius 2 is 1.64 bits per heavy atom. The van der Waals surface area contributed by atoms with Gasteiger partial charge < -0.3 is 14.7 Å². The van der Waals surface area contributed by atoms with Gasteiger partial charge in [-0.05, 0) is 48.2 Å². The minimum absolute atomic E-state index is 0.0822. The molecule has 2 atom stereocenters. The van der Waals surface area contributed by atoms with Crippen LogP contribution in [0.2, 0.25) is 0 Å². The van der Waals surface area contributed by atoms with E-state index in [0.717, 1.165) is 24.3 Å². The number of hydrogen-bond acceptors (Lipinski definition) is 3. The van der Waals surface area contributed by atoms with Gasteiger partial charge in [-0.1, -0.05) is 60.7 Å². The topological polar surface area (TPSA) is 32.7 Å². The first-order valence-corrected chi connectivity index (χ1v) is 9.86. The second kappa shape index (κ2) is 7.69. The van der Waals surface area contributed by atoms with Crippen molar-refractivity contribution in [3.8, 4) is 5.75 Å². The molecular weight excluding hydrogens is 346 g/mol. The van der Waals surface area contributed by atoms with E-state index < -0.39 is 5.60 Å². The Morgan fingerprint density at radius 1 is 0.964 bits per heavy atom. The lowest BCUT2D eigenvalue weighted by molar-refractivity contribution is 0.0216. The minimum Gasteiger partial charge on any atom is -0.480 e. The summed E-state index contributed by atoms with van der Waals surface area (Å²) in [4.78, 5) is 2.33. The zero-order chi connectivity index (χ0) is 19.6. The van der Waals surface area contributed by atoms with Gasteiger partial charge in [-0.25, -0.2) is 0 Å². The molecule has 1 N–H and O–H groups in total. The molecule has 3 heteroatoms. The van der Waals surface area contributed by atoms with Gasteiger partial charge in [-0.15, -0.1) is 0 Å². The van der Waals surface area contributed by atoms with E-state index in [2.05, 4.69) is 48.3 Å².